The maximum Gasteiger partial charge on any atom is 0.125 e. The van der Waals surface area contributed by atoms with Crippen molar-refractivity contribution in [3.05, 3.63) is 24.0 Å². The average molecular weight is 295 g/mol. The van der Waals surface area contributed by atoms with Crippen LogP contribution in [-0.2, 0) is 5.88 Å². The van der Waals surface area contributed by atoms with E-state index in [0.29, 0.717) is 17.8 Å². The van der Waals surface area contributed by atoms with Gasteiger partial charge < -0.3 is 9.30 Å². The lowest BCUT2D eigenvalue weighted by Crippen LogP contribution is -2.09. The zero-order valence-corrected chi connectivity index (χ0v) is 13.4. The van der Waals surface area contributed by atoms with Gasteiger partial charge in [-0.1, -0.05) is 13.8 Å². The van der Waals surface area contributed by atoms with E-state index in [1.54, 1.807) is 7.11 Å². The molecule has 1 aromatic carbocycles. The lowest BCUT2D eigenvalue weighted by Gasteiger charge is -2.18. The second-order valence-corrected chi connectivity index (χ2v) is 5.97. The van der Waals surface area contributed by atoms with Crippen LogP contribution in [0.3, 0.4) is 0 Å². The molecule has 0 aliphatic rings. The van der Waals surface area contributed by atoms with Gasteiger partial charge in [0.2, 0.25) is 0 Å². The van der Waals surface area contributed by atoms with Crippen LogP contribution in [0.2, 0.25) is 0 Å². The van der Waals surface area contributed by atoms with Crippen molar-refractivity contribution in [2.24, 2.45) is 5.92 Å². The predicted molar refractivity (Wildman–Crippen MR) is 84.6 cm³/mol. The Labute approximate surface area is 125 Å². The van der Waals surface area contributed by atoms with Gasteiger partial charge in [-0.3, -0.25) is 0 Å². The fourth-order valence-corrected chi connectivity index (χ4v) is 2.73. The van der Waals surface area contributed by atoms with Crippen LogP contribution in [-0.4, -0.2) is 16.7 Å². The zero-order valence-electron chi connectivity index (χ0n) is 12.7. The lowest BCUT2D eigenvalue weighted by molar-refractivity contribution is 0.415. The molecule has 0 N–H and O–H groups in total. The summed E-state index contributed by atoms with van der Waals surface area (Å²) in [5, 5.41) is 0. The molecule has 1 aromatic heterocycles. The van der Waals surface area contributed by atoms with E-state index in [1.807, 2.05) is 12.1 Å². The number of nitrogens with zero attached hydrogens (tertiary/aromatic N) is 2. The highest BCUT2D eigenvalue weighted by Gasteiger charge is 2.16. The Bertz CT molecular complexity index is 577. The fraction of sp³-hybridized carbons (Fsp3) is 0.562. The molecule has 0 amide bonds. The first-order chi connectivity index (χ1) is 9.56. The SMILES string of the molecule is COc1ccc2c(c1)nc(CCl)n2C(C)CCC(C)C. The molecule has 2 aromatic rings. The number of aromatic nitrogens is 2. The van der Waals surface area contributed by atoms with Gasteiger partial charge >= 0.3 is 0 Å². The number of fused-ring (bicyclic) bond motifs is 1. The number of alkyl halides is 1. The Hall–Kier alpha value is -1.22. The second-order valence-electron chi connectivity index (χ2n) is 5.71. The van der Waals surface area contributed by atoms with Gasteiger partial charge in [0.25, 0.3) is 0 Å². The standard InChI is InChI=1S/C16H23ClN2O/c1-11(2)5-6-12(3)19-15-8-7-13(20-4)9-14(15)18-16(19)10-17/h7-9,11-12H,5-6,10H2,1-4H3. The number of ether oxygens (including phenoxy) is 1. The quantitative estimate of drug-likeness (QED) is 0.717. The Kier molecular flexibility index (Phi) is 4.92. The first-order valence-electron chi connectivity index (χ1n) is 7.17. The Morgan fingerprint density at radius 2 is 2.00 bits per heavy atom. The topological polar surface area (TPSA) is 27.1 Å². The summed E-state index contributed by atoms with van der Waals surface area (Å²) in [6.45, 7) is 6.75. The molecule has 4 heteroatoms. The van der Waals surface area contributed by atoms with Crippen LogP contribution in [0.4, 0.5) is 0 Å². The summed E-state index contributed by atoms with van der Waals surface area (Å²) in [5.41, 5.74) is 2.09. The minimum Gasteiger partial charge on any atom is -0.497 e. The molecule has 0 radical (unpaired) electrons. The molecule has 110 valence electrons. The molecule has 1 heterocycles. The summed E-state index contributed by atoms with van der Waals surface area (Å²) in [7, 11) is 1.67. The molecule has 0 bridgehead atoms. The maximum absolute atomic E-state index is 6.07. The number of halogens is 1. The van der Waals surface area contributed by atoms with Crippen molar-refractivity contribution >= 4 is 22.6 Å². The molecule has 0 fully saturated rings. The third-order valence-corrected chi connectivity index (χ3v) is 3.93. The van der Waals surface area contributed by atoms with Gasteiger partial charge in [0.1, 0.15) is 11.6 Å². The van der Waals surface area contributed by atoms with Crippen molar-refractivity contribution in [2.45, 2.75) is 45.5 Å². The molecule has 0 aliphatic carbocycles. The molecule has 0 saturated heterocycles. The van der Waals surface area contributed by atoms with E-state index in [-0.39, 0.29) is 0 Å². The van der Waals surface area contributed by atoms with Crippen LogP contribution in [0.25, 0.3) is 11.0 Å². The molecule has 1 atom stereocenters. The Morgan fingerprint density at radius 3 is 2.60 bits per heavy atom. The monoisotopic (exact) mass is 294 g/mol. The van der Waals surface area contributed by atoms with E-state index in [9.17, 15) is 0 Å². The van der Waals surface area contributed by atoms with Crippen LogP contribution in [0.5, 0.6) is 5.75 Å². The first kappa shape index (κ1) is 15.2. The lowest BCUT2D eigenvalue weighted by atomic mass is 10.0. The summed E-state index contributed by atoms with van der Waals surface area (Å²) in [5.74, 6) is 2.92. The van der Waals surface area contributed by atoms with E-state index in [2.05, 4.69) is 36.4 Å². The second kappa shape index (κ2) is 6.49. The third kappa shape index (κ3) is 3.09. The summed E-state index contributed by atoms with van der Waals surface area (Å²) in [6.07, 6.45) is 2.35. The number of benzene rings is 1. The Morgan fingerprint density at radius 1 is 1.25 bits per heavy atom. The predicted octanol–water partition coefficient (Wildman–Crippen LogP) is 4.78. The van der Waals surface area contributed by atoms with Crippen LogP contribution < -0.4 is 4.74 Å². The highest BCUT2D eigenvalue weighted by Crippen LogP contribution is 2.28. The van der Waals surface area contributed by atoms with E-state index in [4.69, 9.17) is 16.3 Å². The number of methoxy groups -OCH3 is 1. The van der Waals surface area contributed by atoms with E-state index in [1.165, 1.54) is 6.42 Å². The summed E-state index contributed by atoms with van der Waals surface area (Å²) >= 11 is 6.07. The normalized spacial score (nSPS) is 13.1. The molecule has 1 unspecified atom stereocenters. The Balaban J connectivity index is 2.39. The fourth-order valence-electron chi connectivity index (χ4n) is 2.55. The summed E-state index contributed by atoms with van der Waals surface area (Å²) < 4.78 is 7.53. The number of rotatable bonds is 6. The molecule has 0 saturated carbocycles. The van der Waals surface area contributed by atoms with E-state index in [0.717, 1.165) is 29.0 Å². The van der Waals surface area contributed by atoms with E-state index >= 15 is 0 Å². The van der Waals surface area contributed by atoms with Crippen molar-refractivity contribution in [1.29, 1.82) is 0 Å². The van der Waals surface area contributed by atoms with Crippen LogP contribution in [0, 0.1) is 5.92 Å². The summed E-state index contributed by atoms with van der Waals surface area (Å²) in [4.78, 5) is 4.64. The van der Waals surface area contributed by atoms with Gasteiger partial charge in [-0.15, -0.1) is 11.6 Å². The number of imidazole rings is 1. The average Bonchev–Trinajstić information content (AvgIpc) is 2.81. The van der Waals surface area contributed by atoms with Crippen LogP contribution in [0.1, 0.15) is 45.5 Å². The number of hydrogen-bond donors (Lipinski definition) is 0. The molecule has 0 aliphatic heterocycles. The van der Waals surface area contributed by atoms with Gasteiger partial charge in [0.15, 0.2) is 0 Å². The zero-order chi connectivity index (χ0) is 14.7. The largest absolute Gasteiger partial charge is 0.497 e. The molecule has 3 nitrogen and oxygen atoms in total. The molecular formula is C16H23ClN2O. The number of hydrogen-bond acceptors (Lipinski definition) is 2. The maximum atomic E-state index is 6.07. The third-order valence-electron chi connectivity index (χ3n) is 3.69. The molecule has 2 rings (SSSR count). The summed E-state index contributed by atoms with van der Waals surface area (Å²) in [6, 6.07) is 6.43. The minimum absolute atomic E-state index is 0.407. The van der Waals surface area contributed by atoms with Gasteiger partial charge in [0, 0.05) is 12.1 Å². The molecule has 20 heavy (non-hydrogen) atoms. The van der Waals surface area contributed by atoms with Crippen molar-refractivity contribution in [3.8, 4) is 5.75 Å². The highest BCUT2D eigenvalue weighted by atomic mass is 35.5. The minimum atomic E-state index is 0.407. The van der Waals surface area contributed by atoms with Gasteiger partial charge in [-0.05, 0) is 37.8 Å². The first-order valence-corrected chi connectivity index (χ1v) is 7.71. The van der Waals surface area contributed by atoms with E-state index < -0.39 is 0 Å². The van der Waals surface area contributed by atoms with Gasteiger partial charge in [-0.2, -0.15) is 0 Å². The molecule has 0 spiro atoms. The van der Waals surface area contributed by atoms with Gasteiger partial charge in [-0.25, -0.2) is 4.98 Å². The van der Waals surface area contributed by atoms with Gasteiger partial charge in [0.05, 0.1) is 24.0 Å². The van der Waals surface area contributed by atoms with Crippen molar-refractivity contribution in [2.75, 3.05) is 7.11 Å². The highest BCUT2D eigenvalue weighted by molar-refractivity contribution is 6.16. The molecular weight excluding hydrogens is 272 g/mol. The van der Waals surface area contributed by atoms with Crippen molar-refractivity contribution < 1.29 is 4.74 Å². The van der Waals surface area contributed by atoms with Crippen LogP contribution in [0.15, 0.2) is 18.2 Å². The van der Waals surface area contributed by atoms with Crippen LogP contribution >= 0.6 is 11.6 Å². The van der Waals surface area contributed by atoms with Crippen molar-refractivity contribution in [3.63, 3.8) is 0 Å². The smallest absolute Gasteiger partial charge is 0.125 e. The van der Waals surface area contributed by atoms with Crippen molar-refractivity contribution in [1.82, 2.24) is 9.55 Å².